The number of carbonyl (C=O) groups excluding carboxylic acids is 1. The van der Waals surface area contributed by atoms with Crippen LogP contribution in [0.4, 0.5) is 26.0 Å². The van der Waals surface area contributed by atoms with E-state index < -0.39 is 27.3 Å². The number of carbonyl (C=O) groups is 1. The average molecular weight is 539 g/mol. The molecule has 4 rings (SSSR count). The van der Waals surface area contributed by atoms with Crippen LogP contribution in [-0.2, 0) is 21.6 Å². The molecule has 0 saturated carbocycles. The van der Waals surface area contributed by atoms with Gasteiger partial charge in [0.1, 0.15) is 29.4 Å². The molecule has 0 unspecified atom stereocenters. The van der Waals surface area contributed by atoms with Crippen LogP contribution < -0.4 is 11.1 Å². The van der Waals surface area contributed by atoms with Gasteiger partial charge in [-0.1, -0.05) is 20.4 Å². The molecule has 2 aromatic carbocycles. The number of fused-ring (bicyclic) bond motifs is 1. The normalized spacial score (nSPS) is 11.5. The number of amides is 1. The van der Waals surface area contributed by atoms with E-state index in [1.54, 1.807) is 44.5 Å². The van der Waals surface area contributed by atoms with Crippen LogP contribution in [0, 0.1) is 11.6 Å². The Morgan fingerprint density at radius 2 is 1.76 bits per heavy atom. The van der Waals surface area contributed by atoms with Gasteiger partial charge in [0, 0.05) is 52.6 Å². The summed E-state index contributed by atoms with van der Waals surface area (Å²) in [5.41, 5.74) is 8.24. The van der Waals surface area contributed by atoms with Crippen molar-refractivity contribution in [2.45, 2.75) is 20.8 Å². The Balaban J connectivity index is 1.96. The minimum Gasteiger partial charge on any atom is -0.383 e. The van der Waals surface area contributed by atoms with Gasteiger partial charge in [-0.15, -0.1) is 0 Å². The monoisotopic (exact) mass is 538 g/mol. The molecule has 11 heteroatoms. The number of aryl methyl sites for hydroxylation is 1. The Labute approximate surface area is 219 Å². The van der Waals surface area contributed by atoms with Crippen molar-refractivity contribution in [3.8, 4) is 22.4 Å². The van der Waals surface area contributed by atoms with Crippen LogP contribution in [0.25, 0.3) is 33.4 Å². The summed E-state index contributed by atoms with van der Waals surface area (Å²) in [6, 6.07) is 8.48. The molecule has 1 amide bonds. The highest BCUT2D eigenvalue weighted by Crippen LogP contribution is 2.44. The number of nitrogens with two attached hydrogens (primary N) is 1. The van der Waals surface area contributed by atoms with Crippen molar-refractivity contribution in [3.05, 3.63) is 66.5 Å². The van der Waals surface area contributed by atoms with E-state index in [1.165, 1.54) is 30.6 Å². The first kappa shape index (κ1) is 26.9. The van der Waals surface area contributed by atoms with E-state index in [9.17, 15) is 9.00 Å². The van der Waals surface area contributed by atoms with Crippen LogP contribution >= 0.6 is 0 Å². The van der Waals surface area contributed by atoms with E-state index in [0.717, 1.165) is 0 Å². The molecule has 4 aromatic rings. The summed E-state index contributed by atoms with van der Waals surface area (Å²) in [6.07, 6.45) is 1.28. The summed E-state index contributed by atoms with van der Waals surface area (Å²) in [5.74, 6) is -0.949. The first-order valence-electron chi connectivity index (χ1n) is 11.9. The zero-order valence-corrected chi connectivity index (χ0v) is 22.3. The predicted octanol–water partition coefficient (Wildman–Crippen LogP) is 5.82. The minimum atomic E-state index is -2.50. The predicted molar refractivity (Wildman–Crippen MR) is 148 cm³/mol. The number of benzene rings is 2. The average Bonchev–Trinajstić information content (AvgIpc) is 3.17. The molecule has 0 bridgehead atoms. The van der Waals surface area contributed by atoms with E-state index in [2.05, 4.69) is 26.2 Å². The fourth-order valence-corrected chi connectivity index (χ4v) is 5.33. The van der Waals surface area contributed by atoms with E-state index in [4.69, 9.17) is 5.73 Å². The SMILES string of the molecule is C=C(C)C(=O)Nc1ccc(-c2c(-c3ccc(N=S(=O)(CC)CC)cc3F)c3c(N)ncnc3n2C)c(F)c1. The Morgan fingerprint density at radius 1 is 1.11 bits per heavy atom. The highest BCUT2D eigenvalue weighted by molar-refractivity contribution is 7.93. The molecular weight excluding hydrogens is 510 g/mol. The lowest BCUT2D eigenvalue weighted by molar-refractivity contribution is -0.112. The molecule has 2 heterocycles. The minimum absolute atomic E-state index is 0.103. The second-order valence-electron chi connectivity index (χ2n) is 8.77. The number of nitrogens with one attached hydrogen (secondary N) is 1. The van der Waals surface area contributed by atoms with Crippen LogP contribution in [0.1, 0.15) is 20.8 Å². The zero-order valence-electron chi connectivity index (χ0n) is 21.5. The fourth-order valence-electron chi connectivity index (χ4n) is 4.16. The van der Waals surface area contributed by atoms with Gasteiger partial charge in [0.15, 0.2) is 0 Å². The maximum absolute atomic E-state index is 15.7. The third-order valence-corrected chi connectivity index (χ3v) is 8.61. The van der Waals surface area contributed by atoms with Gasteiger partial charge in [-0.3, -0.25) is 4.79 Å². The number of rotatable bonds is 7. The van der Waals surface area contributed by atoms with Crippen LogP contribution in [0.5, 0.6) is 0 Å². The third-order valence-electron chi connectivity index (χ3n) is 6.26. The molecule has 0 aliphatic carbocycles. The molecule has 0 atom stereocenters. The number of aromatic nitrogens is 3. The van der Waals surface area contributed by atoms with E-state index in [-0.39, 0.29) is 33.9 Å². The van der Waals surface area contributed by atoms with Crippen LogP contribution in [0.3, 0.4) is 0 Å². The number of halogens is 2. The van der Waals surface area contributed by atoms with Gasteiger partial charge in [0.05, 0.1) is 26.5 Å². The standard InChI is InChI=1S/C27H28F2N6O2S/c1-6-38(37,7-2)34-17-9-10-18(20(28)13-17)22-23-25(30)31-14-32-26(23)35(5)24(22)19-11-8-16(12-21(19)29)33-27(36)15(3)4/h8-14H,3,6-7H2,1-2,4-5H3,(H,33,36)(H2,30,31,32). The van der Waals surface area contributed by atoms with Gasteiger partial charge in [-0.05, 0) is 37.3 Å². The topological polar surface area (TPSA) is 115 Å². The molecule has 0 aliphatic heterocycles. The Morgan fingerprint density at radius 3 is 2.37 bits per heavy atom. The summed E-state index contributed by atoms with van der Waals surface area (Å²) in [4.78, 5) is 20.4. The summed E-state index contributed by atoms with van der Waals surface area (Å²) in [5, 5.41) is 2.94. The maximum Gasteiger partial charge on any atom is 0.250 e. The molecule has 0 aliphatic rings. The number of nitrogens with zero attached hydrogens (tertiary/aromatic N) is 4. The number of anilines is 2. The third kappa shape index (κ3) is 4.89. The van der Waals surface area contributed by atoms with Crippen molar-refractivity contribution < 1.29 is 17.8 Å². The smallest absolute Gasteiger partial charge is 0.250 e. The largest absolute Gasteiger partial charge is 0.383 e. The second kappa shape index (κ2) is 10.3. The van der Waals surface area contributed by atoms with Crippen molar-refractivity contribution in [3.63, 3.8) is 0 Å². The molecule has 8 nitrogen and oxygen atoms in total. The highest BCUT2D eigenvalue weighted by Gasteiger charge is 2.26. The van der Waals surface area contributed by atoms with Gasteiger partial charge in [-0.2, -0.15) is 4.36 Å². The number of nitrogen functional groups attached to an aromatic ring is 1. The second-order valence-corrected chi connectivity index (χ2v) is 11.7. The summed E-state index contributed by atoms with van der Waals surface area (Å²) in [7, 11) is -0.825. The van der Waals surface area contributed by atoms with Gasteiger partial charge >= 0.3 is 0 Å². The van der Waals surface area contributed by atoms with Gasteiger partial charge in [0.2, 0.25) is 0 Å². The van der Waals surface area contributed by atoms with Gasteiger partial charge in [-0.25, -0.2) is 23.0 Å². The molecule has 38 heavy (non-hydrogen) atoms. The highest BCUT2D eigenvalue weighted by atomic mass is 32.2. The van der Waals surface area contributed by atoms with Crippen molar-refractivity contribution in [1.82, 2.24) is 14.5 Å². The Hall–Kier alpha value is -4.12. The molecule has 0 spiro atoms. The lowest BCUT2D eigenvalue weighted by Crippen LogP contribution is -2.12. The van der Waals surface area contributed by atoms with E-state index in [0.29, 0.717) is 33.8 Å². The van der Waals surface area contributed by atoms with Crippen molar-refractivity contribution in [2.75, 3.05) is 22.6 Å². The molecule has 3 N–H and O–H groups in total. The molecule has 0 saturated heterocycles. The van der Waals surface area contributed by atoms with E-state index in [1.807, 2.05) is 0 Å². The summed E-state index contributed by atoms with van der Waals surface area (Å²) >= 11 is 0. The number of hydrogen-bond acceptors (Lipinski definition) is 6. The Bertz CT molecular complexity index is 1710. The molecular formula is C27H28F2N6O2S. The van der Waals surface area contributed by atoms with Crippen LogP contribution in [0.2, 0.25) is 0 Å². The first-order valence-corrected chi connectivity index (χ1v) is 13.7. The van der Waals surface area contributed by atoms with Crippen molar-refractivity contribution >= 4 is 43.9 Å². The van der Waals surface area contributed by atoms with Crippen LogP contribution in [-0.4, -0.2) is 36.2 Å². The molecule has 0 fully saturated rings. The maximum atomic E-state index is 15.7. The lowest BCUT2D eigenvalue weighted by Gasteiger charge is -2.13. The fraction of sp³-hybridized carbons (Fsp3) is 0.222. The molecule has 2 aromatic heterocycles. The number of hydrogen-bond donors (Lipinski definition) is 2. The van der Waals surface area contributed by atoms with Gasteiger partial charge in [0.25, 0.3) is 5.91 Å². The molecule has 198 valence electrons. The van der Waals surface area contributed by atoms with Crippen molar-refractivity contribution in [1.29, 1.82) is 0 Å². The van der Waals surface area contributed by atoms with Gasteiger partial charge < -0.3 is 15.6 Å². The quantitative estimate of drug-likeness (QED) is 0.288. The Kier molecular flexibility index (Phi) is 7.32. The van der Waals surface area contributed by atoms with Crippen LogP contribution in [0.15, 0.2) is 59.2 Å². The van der Waals surface area contributed by atoms with E-state index >= 15 is 8.78 Å². The first-order chi connectivity index (χ1) is 18.0. The zero-order chi connectivity index (χ0) is 27.8. The van der Waals surface area contributed by atoms with Crippen molar-refractivity contribution in [2.24, 2.45) is 11.4 Å². The molecule has 0 radical (unpaired) electrons. The summed E-state index contributed by atoms with van der Waals surface area (Å²) in [6.45, 7) is 8.67. The summed E-state index contributed by atoms with van der Waals surface area (Å²) < 4.78 is 49.9. The lowest BCUT2D eigenvalue weighted by atomic mass is 9.97.